The van der Waals surface area contributed by atoms with Gasteiger partial charge in [-0.25, -0.2) is 9.97 Å². The van der Waals surface area contributed by atoms with Gasteiger partial charge >= 0.3 is 0 Å². The van der Waals surface area contributed by atoms with E-state index in [0.29, 0.717) is 5.92 Å². The maximum atomic E-state index is 4.51. The first kappa shape index (κ1) is 9.59. The van der Waals surface area contributed by atoms with E-state index in [1.807, 2.05) is 13.8 Å². The summed E-state index contributed by atoms with van der Waals surface area (Å²) in [6.07, 6.45) is 2.51. The molecular formula is C11H17N3. The molecule has 0 aromatic carbocycles. The molecule has 14 heavy (non-hydrogen) atoms. The minimum absolute atomic E-state index is 0.587. The number of hydrogen-bond acceptors (Lipinski definition) is 3. The Morgan fingerprint density at radius 1 is 1.36 bits per heavy atom. The van der Waals surface area contributed by atoms with Crippen molar-refractivity contribution in [2.24, 2.45) is 0 Å². The van der Waals surface area contributed by atoms with E-state index in [-0.39, 0.29) is 0 Å². The summed E-state index contributed by atoms with van der Waals surface area (Å²) in [7, 11) is 0. The summed E-state index contributed by atoms with van der Waals surface area (Å²) in [6.45, 7) is 6.22. The van der Waals surface area contributed by atoms with E-state index in [2.05, 4.69) is 21.4 Å². The molecule has 1 aliphatic rings. The van der Waals surface area contributed by atoms with Crippen LogP contribution in [-0.2, 0) is 0 Å². The van der Waals surface area contributed by atoms with Crippen molar-refractivity contribution in [2.45, 2.75) is 32.6 Å². The zero-order valence-electron chi connectivity index (χ0n) is 8.88. The maximum absolute atomic E-state index is 4.51. The molecule has 3 nitrogen and oxygen atoms in total. The average molecular weight is 191 g/mol. The second kappa shape index (κ2) is 4.05. The summed E-state index contributed by atoms with van der Waals surface area (Å²) in [5.74, 6) is 1.48. The molecule has 1 N–H and O–H groups in total. The normalized spacial score (nSPS) is 22.3. The van der Waals surface area contributed by atoms with Gasteiger partial charge in [-0.3, -0.25) is 0 Å². The van der Waals surface area contributed by atoms with Crippen LogP contribution in [0, 0.1) is 13.8 Å². The van der Waals surface area contributed by atoms with E-state index in [1.165, 1.54) is 18.5 Å². The fraction of sp³-hybridized carbons (Fsp3) is 0.636. The number of nitrogens with one attached hydrogen (secondary N) is 1. The zero-order valence-corrected chi connectivity index (χ0v) is 8.88. The second-order valence-electron chi connectivity index (χ2n) is 4.02. The number of hydrogen-bond donors (Lipinski definition) is 1. The largest absolute Gasteiger partial charge is 0.316 e. The van der Waals surface area contributed by atoms with Crippen LogP contribution in [0.4, 0.5) is 0 Å². The van der Waals surface area contributed by atoms with Crippen LogP contribution >= 0.6 is 0 Å². The molecule has 0 spiro atoms. The highest BCUT2D eigenvalue weighted by molar-refractivity contribution is 5.15. The standard InChI is InChI=1S/C11H17N3/c1-8-6-11(14-9(2)13-8)10-4-3-5-12-7-10/h6,10,12H,3-5,7H2,1-2H3. The van der Waals surface area contributed by atoms with Crippen molar-refractivity contribution < 1.29 is 0 Å². The van der Waals surface area contributed by atoms with E-state index in [4.69, 9.17) is 0 Å². The fourth-order valence-electron chi connectivity index (χ4n) is 2.06. The van der Waals surface area contributed by atoms with Crippen LogP contribution in [0.15, 0.2) is 6.07 Å². The molecule has 1 saturated heterocycles. The Morgan fingerprint density at radius 2 is 2.21 bits per heavy atom. The third-order valence-electron chi connectivity index (χ3n) is 2.70. The van der Waals surface area contributed by atoms with Crippen molar-refractivity contribution >= 4 is 0 Å². The summed E-state index contributed by atoms with van der Waals surface area (Å²) in [6, 6.07) is 2.12. The fourth-order valence-corrected chi connectivity index (χ4v) is 2.06. The topological polar surface area (TPSA) is 37.8 Å². The molecule has 0 saturated carbocycles. The number of piperidine rings is 1. The van der Waals surface area contributed by atoms with E-state index in [1.54, 1.807) is 0 Å². The Labute approximate surface area is 85.0 Å². The minimum atomic E-state index is 0.587. The van der Waals surface area contributed by atoms with E-state index in [0.717, 1.165) is 24.6 Å². The maximum Gasteiger partial charge on any atom is 0.125 e. The molecule has 0 aliphatic carbocycles. The van der Waals surface area contributed by atoms with Crippen molar-refractivity contribution in [3.05, 3.63) is 23.3 Å². The first-order chi connectivity index (χ1) is 6.75. The van der Waals surface area contributed by atoms with Crippen LogP contribution in [0.2, 0.25) is 0 Å². The minimum Gasteiger partial charge on any atom is -0.316 e. The third kappa shape index (κ3) is 2.10. The van der Waals surface area contributed by atoms with E-state index >= 15 is 0 Å². The smallest absolute Gasteiger partial charge is 0.125 e. The summed E-state index contributed by atoms with van der Waals surface area (Å²) >= 11 is 0. The van der Waals surface area contributed by atoms with E-state index in [9.17, 15) is 0 Å². The molecule has 1 atom stereocenters. The molecule has 0 radical (unpaired) electrons. The first-order valence-electron chi connectivity index (χ1n) is 5.28. The molecule has 2 heterocycles. The van der Waals surface area contributed by atoms with Crippen molar-refractivity contribution in [1.82, 2.24) is 15.3 Å². The molecule has 2 rings (SSSR count). The van der Waals surface area contributed by atoms with Gasteiger partial charge in [0.15, 0.2) is 0 Å². The quantitative estimate of drug-likeness (QED) is 0.732. The Bertz CT molecular complexity index is 296. The Hall–Kier alpha value is -0.960. The van der Waals surface area contributed by atoms with Gasteiger partial charge in [0.2, 0.25) is 0 Å². The van der Waals surface area contributed by atoms with Gasteiger partial charge in [0, 0.05) is 23.9 Å². The summed E-state index contributed by atoms with van der Waals surface area (Å²) in [5.41, 5.74) is 2.29. The number of aromatic nitrogens is 2. The molecule has 1 aromatic heterocycles. The second-order valence-corrected chi connectivity index (χ2v) is 4.02. The highest BCUT2D eigenvalue weighted by atomic mass is 14.9. The Morgan fingerprint density at radius 3 is 2.86 bits per heavy atom. The number of rotatable bonds is 1. The van der Waals surface area contributed by atoms with Gasteiger partial charge in [-0.1, -0.05) is 0 Å². The summed E-state index contributed by atoms with van der Waals surface area (Å²) in [4.78, 5) is 8.80. The molecule has 0 amide bonds. The lowest BCUT2D eigenvalue weighted by Crippen LogP contribution is -2.29. The number of aryl methyl sites for hydroxylation is 2. The van der Waals surface area contributed by atoms with Gasteiger partial charge in [-0.05, 0) is 39.3 Å². The predicted octanol–water partition coefficient (Wildman–Crippen LogP) is 1.56. The van der Waals surface area contributed by atoms with E-state index < -0.39 is 0 Å². The SMILES string of the molecule is Cc1cc(C2CCCNC2)nc(C)n1. The van der Waals surface area contributed by atoms with Crippen LogP contribution in [0.1, 0.15) is 36.0 Å². The van der Waals surface area contributed by atoms with Gasteiger partial charge in [-0.15, -0.1) is 0 Å². The van der Waals surface area contributed by atoms with Crippen LogP contribution in [0.25, 0.3) is 0 Å². The summed E-state index contributed by atoms with van der Waals surface area (Å²) < 4.78 is 0. The highest BCUT2D eigenvalue weighted by Gasteiger charge is 2.16. The van der Waals surface area contributed by atoms with Crippen molar-refractivity contribution in [3.63, 3.8) is 0 Å². The lowest BCUT2D eigenvalue weighted by atomic mass is 9.95. The molecule has 1 aromatic rings. The van der Waals surface area contributed by atoms with Crippen molar-refractivity contribution in [1.29, 1.82) is 0 Å². The Kier molecular flexibility index (Phi) is 2.77. The predicted molar refractivity (Wildman–Crippen MR) is 56.4 cm³/mol. The average Bonchev–Trinajstić information content (AvgIpc) is 2.18. The third-order valence-corrected chi connectivity index (χ3v) is 2.70. The molecular weight excluding hydrogens is 174 g/mol. The van der Waals surface area contributed by atoms with Crippen molar-refractivity contribution in [3.8, 4) is 0 Å². The van der Waals surface area contributed by atoms with Crippen LogP contribution in [0.3, 0.4) is 0 Å². The monoisotopic (exact) mass is 191 g/mol. The molecule has 1 aliphatic heterocycles. The van der Waals surface area contributed by atoms with Gasteiger partial charge in [0.05, 0.1) is 0 Å². The van der Waals surface area contributed by atoms with Gasteiger partial charge in [-0.2, -0.15) is 0 Å². The Balaban J connectivity index is 2.21. The molecule has 0 bridgehead atoms. The zero-order chi connectivity index (χ0) is 9.97. The van der Waals surface area contributed by atoms with Gasteiger partial charge in [0.25, 0.3) is 0 Å². The first-order valence-corrected chi connectivity index (χ1v) is 5.28. The number of nitrogens with zero attached hydrogens (tertiary/aromatic N) is 2. The molecule has 1 unspecified atom stereocenters. The highest BCUT2D eigenvalue weighted by Crippen LogP contribution is 2.21. The van der Waals surface area contributed by atoms with Crippen LogP contribution in [-0.4, -0.2) is 23.1 Å². The van der Waals surface area contributed by atoms with Crippen LogP contribution < -0.4 is 5.32 Å². The molecule has 3 heteroatoms. The summed E-state index contributed by atoms with van der Waals surface area (Å²) in [5, 5.41) is 3.41. The van der Waals surface area contributed by atoms with Crippen LogP contribution in [0.5, 0.6) is 0 Å². The molecule has 76 valence electrons. The lowest BCUT2D eigenvalue weighted by Gasteiger charge is -2.22. The van der Waals surface area contributed by atoms with Crippen molar-refractivity contribution in [2.75, 3.05) is 13.1 Å². The lowest BCUT2D eigenvalue weighted by molar-refractivity contribution is 0.453. The van der Waals surface area contributed by atoms with Gasteiger partial charge in [0.1, 0.15) is 5.82 Å². The molecule has 1 fully saturated rings. The van der Waals surface area contributed by atoms with Gasteiger partial charge < -0.3 is 5.32 Å².